The lowest BCUT2D eigenvalue weighted by molar-refractivity contribution is 0.0413. The molecule has 0 unspecified atom stereocenters. The van der Waals surface area contributed by atoms with Crippen molar-refractivity contribution in [3.63, 3.8) is 0 Å². The lowest BCUT2D eigenvalue weighted by atomic mass is 9.77. The molecule has 1 aliphatic carbocycles. The summed E-state index contributed by atoms with van der Waals surface area (Å²) in [5.41, 5.74) is 10.6. The Labute approximate surface area is 144 Å². The monoisotopic (exact) mass is 325 g/mol. The summed E-state index contributed by atoms with van der Waals surface area (Å²) in [6, 6.07) is 13.9. The number of ether oxygens (including phenoxy) is 1. The Morgan fingerprint density at radius 1 is 1.12 bits per heavy atom. The van der Waals surface area contributed by atoms with Crippen LogP contribution in [0.1, 0.15) is 47.6 Å². The Morgan fingerprint density at radius 3 is 2.29 bits per heavy atom. The van der Waals surface area contributed by atoms with Crippen molar-refractivity contribution in [2.45, 2.75) is 51.9 Å². The summed E-state index contributed by atoms with van der Waals surface area (Å²) in [5, 5.41) is 10.4. The summed E-state index contributed by atoms with van der Waals surface area (Å²) >= 11 is 0. The van der Waals surface area contributed by atoms with Crippen LogP contribution in [0.3, 0.4) is 0 Å². The van der Waals surface area contributed by atoms with Gasteiger partial charge in [-0.05, 0) is 54.9 Å². The highest BCUT2D eigenvalue weighted by atomic mass is 16.5. The van der Waals surface area contributed by atoms with E-state index in [9.17, 15) is 5.11 Å². The molecule has 2 atom stereocenters. The van der Waals surface area contributed by atoms with Crippen molar-refractivity contribution in [3.05, 3.63) is 64.7 Å². The quantitative estimate of drug-likeness (QED) is 0.842. The summed E-state index contributed by atoms with van der Waals surface area (Å²) in [4.78, 5) is 0. The zero-order valence-corrected chi connectivity index (χ0v) is 14.5. The van der Waals surface area contributed by atoms with E-state index >= 15 is 0 Å². The van der Waals surface area contributed by atoms with Gasteiger partial charge in [0.1, 0.15) is 12.4 Å². The van der Waals surface area contributed by atoms with E-state index in [1.165, 1.54) is 6.42 Å². The maximum absolute atomic E-state index is 10.4. The fraction of sp³-hybridized carbons (Fsp3) is 0.429. The summed E-state index contributed by atoms with van der Waals surface area (Å²) < 4.78 is 6.03. The predicted octanol–water partition coefficient (Wildman–Crippen LogP) is 4.04. The number of rotatable bonds is 6. The van der Waals surface area contributed by atoms with Gasteiger partial charge < -0.3 is 15.6 Å². The van der Waals surface area contributed by atoms with Gasteiger partial charge in [0.2, 0.25) is 0 Å². The van der Waals surface area contributed by atoms with Crippen LogP contribution in [0, 0.1) is 19.8 Å². The average molecular weight is 325 g/mol. The second kappa shape index (κ2) is 7.37. The van der Waals surface area contributed by atoms with Gasteiger partial charge in [0.25, 0.3) is 0 Å². The highest BCUT2D eigenvalue weighted by Gasteiger charge is 2.31. The van der Waals surface area contributed by atoms with Gasteiger partial charge in [-0.2, -0.15) is 0 Å². The third-order valence-corrected chi connectivity index (χ3v) is 5.09. The lowest BCUT2D eigenvalue weighted by Crippen LogP contribution is -2.36. The van der Waals surface area contributed by atoms with E-state index in [-0.39, 0.29) is 6.04 Å². The molecule has 24 heavy (non-hydrogen) atoms. The number of hydrogen-bond acceptors (Lipinski definition) is 3. The van der Waals surface area contributed by atoms with Crippen LogP contribution in [0.15, 0.2) is 42.5 Å². The Kier molecular flexibility index (Phi) is 5.22. The van der Waals surface area contributed by atoms with Crippen molar-refractivity contribution < 1.29 is 9.84 Å². The normalized spacial score (nSPS) is 17.2. The highest BCUT2D eigenvalue weighted by molar-refractivity contribution is 5.44. The average Bonchev–Trinajstić information content (AvgIpc) is 2.52. The predicted molar refractivity (Wildman–Crippen MR) is 97.0 cm³/mol. The molecule has 0 saturated heterocycles. The summed E-state index contributed by atoms with van der Waals surface area (Å²) in [5.74, 6) is 1.27. The molecule has 0 spiro atoms. The minimum absolute atomic E-state index is 0.323. The Balaban J connectivity index is 1.73. The molecule has 1 fully saturated rings. The van der Waals surface area contributed by atoms with Gasteiger partial charge >= 0.3 is 0 Å². The molecule has 3 nitrogen and oxygen atoms in total. The number of aliphatic hydroxyl groups excluding tert-OH is 1. The third kappa shape index (κ3) is 3.63. The Bertz CT molecular complexity index is 656. The van der Waals surface area contributed by atoms with Crippen LogP contribution in [-0.4, -0.2) is 11.2 Å². The molecule has 0 aromatic heterocycles. The molecule has 0 aliphatic heterocycles. The number of aryl methyl sites for hydroxylation is 2. The van der Waals surface area contributed by atoms with Crippen LogP contribution < -0.4 is 10.5 Å². The van der Waals surface area contributed by atoms with Gasteiger partial charge in [0.05, 0.1) is 12.1 Å². The molecular weight excluding hydrogens is 298 g/mol. The van der Waals surface area contributed by atoms with Gasteiger partial charge in [0, 0.05) is 0 Å². The molecule has 0 amide bonds. The molecule has 0 radical (unpaired) electrons. The summed E-state index contributed by atoms with van der Waals surface area (Å²) in [6.07, 6.45) is 2.93. The molecule has 0 heterocycles. The van der Waals surface area contributed by atoms with Crippen molar-refractivity contribution >= 4 is 0 Å². The van der Waals surface area contributed by atoms with Gasteiger partial charge in [-0.15, -0.1) is 0 Å². The molecule has 3 heteroatoms. The molecule has 0 bridgehead atoms. The first-order chi connectivity index (χ1) is 11.6. The largest absolute Gasteiger partial charge is 0.488 e. The van der Waals surface area contributed by atoms with Crippen LogP contribution in [0.5, 0.6) is 5.75 Å². The van der Waals surface area contributed by atoms with Crippen LogP contribution in [-0.2, 0) is 6.61 Å². The standard InChI is InChI=1S/C21H27NO2/c1-14-11-18(19(22)20(23)17-9-6-10-17)12-15(2)21(14)24-13-16-7-4-3-5-8-16/h3-5,7-8,11-12,17,19-20,23H,6,9-10,13,22H2,1-2H3/t19-,20+/m1/s1. The van der Waals surface area contributed by atoms with Gasteiger partial charge in [-0.25, -0.2) is 0 Å². The minimum Gasteiger partial charge on any atom is -0.488 e. The molecule has 1 saturated carbocycles. The first kappa shape index (κ1) is 17.0. The highest BCUT2D eigenvalue weighted by Crippen LogP contribution is 2.36. The van der Waals surface area contributed by atoms with E-state index < -0.39 is 6.10 Å². The summed E-state index contributed by atoms with van der Waals surface area (Å²) in [6.45, 7) is 4.64. The maximum Gasteiger partial charge on any atom is 0.125 e. The number of hydrogen-bond donors (Lipinski definition) is 2. The fourth-order valence-corrected chi connectivity index (χ4v) is 3.41. The maximum atomic E-state index is 10.4. The molecule has 3 rings (SSSR count). The molecular formula is C21H27NO2. The van der Waals surface area contributed by atoms with Crippen molar-refractivity contribution in [2.75, 3.05) is 0 Å². The van der Waals surface area contributed by atoms with Gasteiger partial charge in [-0.1, -0.05) is 48.9 Å². The van der Waals surface area contributed by atoms with Crippen molar-refractivity contribution in [1.82, 2.24) is 0 Å². The van der Waals surface area contributed by atoms with Crippen molar-refractivity contribution in [3.8, 4) is 5.75 Å². The minimum atomic E-state index is -0.450. The van der Waals surface area contributed by atoms with E-state index in [1.807, 2.05) is 32.0 Å². The number of nitrogens with two attached hydrogens (primary N) is 1. The smallest absolute Gasteiger partial charge is 0.125 e. The van der Waals surface area contributed by atoms with E-state index in [1.54, 1.807) is 0 Å². The first-order valence-electron chi connectivity index (χ1n) is 8.78. The van der Waals surface area contributed by atoms with Crippen molar-refractivity contribution in [2.24, 2.45) is 11.7 Å². The van der Waals surface area contributed by atoms with Crippen molar-refractivity contribution in [1.29, 1.82) is 0 Å². The Morgan fingerprint density at radius 2 is 1.75 bits per heavy atom. The van der Waals surface area contributed by atoms with Gasteiger partial charge in [-0.3, -0.25) is 0 Å². The number of benzene rings is 2. The second-order valence-corrected chi connectivity index (χ2v) is 6.97. The SMILES string of the molecule is Cc1cc([C@@H](N)[C@@H](O)C2CCC2)cc(C)c1OCc1ccccc1. The number of aliphatic hydroxyl groups is 1. The Hall–Kier alpha value is -1.84. The first-order valence-corrected chi connectivity index (χ1v) is 8.78. The topological polar surface area (TPSA) is 55.5 Å². The van der Waals surface area contributed by atoms with E-state index in [4.69, 9.17) is 10.5 Å². The van der Waals surface area contributed by atoms with Crippen LogP contribution in [0.25, 0.3) is 0 Å². The molecule has 1 aliphatic rings. The molecule has 3 N–H and O–H groups in total. The zero-order chi connectivity index (χ0) is 17.1. The zero-order valence-electron chi connectivity index (χ0n) is 14.5. The third-order valence-electron chi connectivity index (χ3n) is 5.09. The molecule has 128 valence electrons. The van der Waals surface area contributed by atoms with Crippen LogP contribution in [0.4, 0.5) is 0 Å². The molecule has 2 aromatic rings. The lowest BCUT2D eigenvalue weighted by Gasteiger charge is -2.34. The van der Waals surface area contributed by atoms with Crippen LogP contribution in [0.2, 0.25) is 0 Å². The summed E-state index contributed by atoms with van der Waals surface area (Å²) in [7, 11) is 0. The molecule has 2 aromatic carbocycles. The second-order valence-electron chi connectivity index (χ2n) is 6.97. The van der Waals surface area contributed by atoms with E-state index in [2.05, 4.69) is 24.3 Å². The fourth-order valence-electron chi connectivity index (χ4n) is 3.41. The van der Waals surface area contributed by atoms with E-state index in [0.717, 1.165) is 40.8 Å². The van der Waals surface area contributed by atoms with E-state index in [0.29, 0.717) is 12.5 Å². The van der Waals surface area contributed by atoms with Gasteiger partial charge in [0.15, 0.2) is 0 Å². The van der Waals surface area contributed by atoms with Crippen LogP contribution >= 0.6 is 0 Å².